The molecule has 1 unspecified atom stereocenters. The summed E-state index contributed by atoms with van der Waals surface area (Å²) in [5.41, 5.74) is 2.15. The minimum Gasteiger partial charge on any atom is -0.465 e. The number of hydrogen-bond donors (Lipinski definition) is 1. The summed E-state index contributed by atoms with van der Waals surface area (Å²) in [6, 6.07) is 6.22. The van der Waals surface area contributed by atoms with Crippen molar-refractivity contribution in [3.63, 3.8) is 0 Å². The molecule has 3 rings (SSSR count). The van der Waals surface area contributed by atoms with Gasteiger partial charge in [-0.1, -0.05) is 19.1 Å². The first-order chi connectivity index (χ1) is 13.2. The highest BCUT2D eigenvalue weighted by Gasteiger charge is 2.28. The van der Waals surface area contributed by atoms with Gasteiger partial charge in [0.25, 0.3) is 0 Å². The number of methoxy groups -OCH3 is 1. The number of esters is 1. The highest BCUT2D eigenvalue weighted by Crippen LogP contribution is 2.40. The van der Waals surface area contributed by atoms with E-state index in [0.717, 1.165) is 36.0 Å². The van der Waals surface area contributed by atoms with E-state index in [1.807, 2.05) is 0 Å². The van der Waals surface area contributed by atoms with Crippen LogP contribution < -0.4 is 5.32 Å². The summed E-state index contributed by atoms with van der Waals surface area (Å²) in [4.78, 5) is 26.2. The Morgan fingerprint density at radius 2 is 1.93 bits per heavy atom. The number of amides is 1. The van der Waals surface area contributed by atoms with E-state index >= 15 is 0 Å². The molecule has 0 fully saturated rings. The molecule has 1 atom stereocenters. The van der Waals surface area contributed by atoms with Crippen molar-refractivity contribution in [2.75, 3.05) is 18.7 Å². The standard InChI is InChI=1S/C20H23NO5S2/c1-12-4-9-15-16(10-12)27-19(18(15)20(23)26-2)21-17(22)11-13-5-7-14(8-6-13)28(3,24)25/h5-8,12H,4,9-11H2,1-3H3,(H,21,22). The number of hydrogen-bond acceptors (Lipinski definition) is 6. The lowest BCUT2D eigenvalue weighted by Crippen LogP contribution is -2.17. The van der Waals surface area contributed by atoms with Crippen LogP contribution in [0.25, 0.3) is 0 Å². The van der Waals surface area contributed by atoms with Crippen LogP contribution >= 0.6 is 11.3 Å². The predicted molar refractivity (Wildman–Crippen MR) is 109 cm³/mol. The Hall–Kier alpha value is -2.19. The zero-order valence-corrected chi connectivity index (χ0v) is 17.7. The van der Waals surface area contributed by atoms with E-state index < -0.39 is 15.8 Å². The number of nitrogens with one attached hydrogen (secondary N) is 1. The van der Waals surface area contributed by atoms with E-state index in [2.05, 4.69) is 12.2 Å². The Morgan fingerprint density at radius 1 is 1.25 bits per heavy atom. The minimum atomic E-state index is -3.27. The van der Waals surface area contributed by atoms with E-state index in [4.69, 9.17) is 4.74 Å². The average Bonchev–Trinajstić information content (AvgIpc) is 2.97. The first-order valence-electron chi connectivity index (χ1n) is 9.00. The predicted octanol–water partition coefficient (Wildman–Crippen LogP) is 3.24. The van der Waals surface area contributed by atoms with Gasteiger partial charge in [0, 0.05) is 11.1 Å². The number of benzene rings is 1. The third-order valence-corrected chi connectivity index (χ3v) is 7.17. The lowest BCUT2D eigenvalue weighted by molar-refractivity contribution is -0.115. The first kappa shape index (κ1) is 20.5. The average molecular weight is 422 g/mol. The molecule has 1 heterocycles. The van der Waals surface area contributed by atoms with Gasteiger partial charge in [-0.2, -0.15) is 0 Å². The molecule has 1 N–H and O–H groups in total. The van der Waals surface area contributed by atoms with E-state index in [-0.39, 0.29) is 17.2 Å². The highest BCUT2D eigenvalue weighted by atomic mass is 32.2. The monoisotopic (exact) mass is 421 g/mol. The van der Waals surface area contributed by atoms with E-state index in [1.165, 1.54) is 30.6 Å². The Morgan fingerprint density at radius 3 is 2.54 bits per heavy atom. The number of carbonyl (C=O) groups is 2. The number of anilines is 1. The fourth-order valence-corrected chi connectivity index (χ4v) is 5.41. The molecule has 0 bridgehead atoms. The van der Waals surface area contributed by atoms with Crippen molar-refractivity contribution in [1.29, 1.82) is 0 Å². The molecule has 1 aromatic carbocycles. The Bertz CT molecular complexity index is 1010. The maximum absolute atomic E-state index is 12.5. The van der Waals surface area contributed by atoms with E-state index in [1.54, 1.807) is 12.1 Å². The molecule has 2 aromatic rings. The third kappa shape index (κ3) is 4.44. The summed E-state index contributed by atoms with van der Waals surface area (Å²) < 4.78 is 28.0. The van der Waals surface area contributed by atoms with E-state index in [0.29, 0.717) is 22.0 Å². The molecule has 150 valence electrons. The molecule has 0 spiro atoms. The number of sulfone groups is 1. The van der Waals surface area contributed by atoms with Gasteiger partial charge in [0.15, 0.2) is 9.84 Å². The quantitative estimate of drug-likeness (QED) is 0.749. The van der Waals surface area contributed by atoms with Crippen LogP contribution in [0.1, 0.15) is 39.7 Å². The Kier molecular flexibility index (Phi) is 5.90. The van der Waals surface area contributed by atoms with Gasteiger partial charge >= 0.3 is 5.97 Å². The van der Waals surface area contributed by atoms with Crippen LogP contribution in [0.5, 0.6) is 0 Å². The zero-order valence-electron chi connectivity index (χ0n) is 16.1. The van der Waals surface area contributed by atoms with Gasteiger partial charge < -0.3 is 10.1 Å². The SMILES string of the molecule is COC(=O)c1c(NC(=O)Cc2ccc(S(C)(=O)=O)cc2)sc2c1CCC(C)C2. The van der Waals surface area contributed by atoms with Gasteiger partial charge in [0.2, 0.25) is 5.91 Å². The molecule has 1 aliphatic rings. The van der Waals surface area contributed by atoms with Crippen molar-refractivity contribution in [2.24, 2.45) is 5.92 Å². The summed E-state index contributed by atoms with van der Waals surface area (Å²) in [6.45, 7) is 2.18. The second-order valence-electron chi connectivity index (χ2n) is 7.19. The smallest absolute Gasteiger partial charge is 0.341 e. The van der Waals surface area contributed by atoms with Crippen molar-refractivity contribution in [2.45, 2.75) is 37.5 Å². The summed E-state index contributed by atoms with van der Waals surface area (Å²) in [5, 5.41) is 3.38. The van der Waals surface area contributed by atoms with Gasteiger partial charge in [-0.05, 0) is 48.4 Å². The van der Waals surface area contributed by atoms with Crippen LogP contribution in [-0.4, -0.2) is 33.7 Å². The second kappa shape index (κ2) is 8.05. The maximum Gasteiger partial charge on any atom is 0.341 e. The summed E-state index contributed by atoms with van der Waals surface area (Å²) >= 11 is 1.44. The van der Waals surface area contributed by atoms with Crippen molar-refractivity contribution in [3.05, 3.63) is 45.8 Å². The molecular formula is C20H23NO5S2. The van der Waals surface area contributed by atoms with Crippen LogP contribution in [-0.2, 0) is 38.6 Å². The third-order valence-electron chi connectivity index (χ3n) is 4.87. The van der Waals surface area contributed by atoms with Crippen molar-refractivity contribution in [3.8, 4) is 0 Å². The van der Waals surface area contributed by atoms with E-state index in [9.17, 15) is 18.0 Å². The summed E-state index contributed by atoms with van der Waals surface area (Å²) in [6.07, 6.45) is 3.94. The molecule has 0 radical (unpaired) electrons. The van der Waals surface area contributed by atoms with Gasteiger partial charge in [-0.15, -0.1) is 11.3 Å². The molecule has 28 heavy (non-hydrogen) atoms. The van der Waals surface area contributed by atoms with Crippen LogP contribution in [0.4, 0.5) is 5.00 Å². The lowest BCUT2D eigenvalue weighted by atomic mass is 9.88. The fraction of sp³-hybridized carbons (Fsp3) is 0.400. The fourth-order valence-electron chi connectivity index (χ4n) is 3.37. The molecule has 6 nitrogen and oxygen atoms in total. The molecule has 0 saturated heterocycles. The van der Waals surface area contributed by atoms with Crippen LogP contribution in [0.2, 0.25) is 0 Å². The Balaban J connectivity index is 1.79. The molecule has 0 aliphatic heterocycles. The number of rotatable bonds is 5. The molecule has 1 aromatic heterocycles. The molecule has 1 amide bonds. The topological polar surface area (TPSA) is 89.5 Å². The van der Waals surface area contributed by atoms with Gasteiger partial charge in [-0.3, -0.25) is 4.79 Å². The van der Waals surface area contributed by atoms with Gasteiger partial charge in [-0.25, -0.2) is 13.2 Å². The van der Waals surface area contributed by atoms with Crippen LogP contribution in [0.15, 0.2) is 29.2 Å². The zero-order chi connectivity index (χ0) is 20.5. The minimum absolute atomic E-state index is 0.0869. The summed E-state index contributed by atoms with van der Waals surface area (Å²) in [7, 11) is -1.93. The second-order valence-corrected chi connectivity index (χ2v) is 10.3. The van der Waals surface area contributed by atoms with Crippen molar-refractivity contribution in [1.82, 2.24) is 0 Å². The number of fused-ring (bicyclic) bond motifs is 1. The first-order valence-corrected chi connectivity index (χ1v) is 11.7. The highest BCUT2D eigenvalue weighted by molar-refractivity contribution is 7.90. The molecule has 0 saturated carbocycles. The van der Waals surface area contributed by atoms with Crippen molar-refractivity contribution < 1.29 is 22.7 Å². The van der Waals surface area contributed by atoms with Crippen LogP contribution in [0.3, 0.4) is 0 Å². The molecule has 1 aliphatic carbocycles. The van der Waals surface area contributed by atoms with Crippen molar-refractivity contribution >= 4 is 38.1 Å². The Labute approximate surface area is 168 Å². The van der Waals surface area contributed by atoms with Crippen LogP contribution in [0, 0.1) is 5.92 Å². The maximum atomic E-state index is 12.5. The largest absolute Gasteiger partial charge is 0.465 e. The van der Waals surface area contributed by atoms with Gasteiger partial charge in [0.05, 0.1) is 24.0 Å². The summed E-state index contributed by atoms with van der Waals surface area (Å²) in [5.74, 6) is -0.141. The number of carbonyl (C=O) groups excluding carboxylic acids is 2. The molecular weight excluding hydrogens is 398 g/mol. The van der Waals surface area contributed by atoms with Gasteiger partial charge in [0.1, 0.15) is 5.00 Å². The normalized spacial score (nSPS) is 16.3. The molecule has 8 heteroatoms. The lowest BCUT2D eigenvalue weighted by Gasteiger charge is -2.18. The number of thiophene rings is 1. The number of ether oxygens (including phenoxy) is 1.